The smallest absolute Gasteiger partial charge is 0.143 e. The Labute approximate surface area is 117 Å². The van der Waals surface area contributed by atoms with Crippen LogP contribution < -0.4 is 0 Å². The van der Waals surface area contributed by atoms with E-state index in [1.165, 1.54) is 0 Å². The van der Waals surface area contributed by atoms with Gasteiger partial charge >= 0.3 is 0 Å². The minimum atomic E-state index is -1.27. The van der Waals surface area contributed by atoms with Crippen molar-refractivity contribution in [3.63, 3.8) is 0 Å². The van der Waals surface area contributed by atoms with Crippen LogP contribution in [0.25, 0.3) is 0 Å². The second-order valence-corrected chi connectivity index (χ2v) is 6.29. The molecule has 2 saturated carbocycles. The summed E-state index contributed by atoms with van der Waals surface area (Å²) >= 11 is 0. The number of aliphatic hydroxyl groups excluding tert-OH is 4. The second kappa shape index (κ2) is 4.68. The van der Waals surface area contributed by atoms with Crippen molar-refractivity contribution < 1.29 is 30.3 Å². The summed E-state index contributed by atoms with van der Waals surface area (Å²) in [5.74, 6) is -0.319. The van der Waals surface area contributed by atoms with Gasteiger partial charge in [0.1, 0.15) is 24.1 Å². The van der Waals surface area contributed by atoms with E-state index in [0.717, 1.165) is 0 Å². The summed E-state index contributed by atoms with van der Waals surface area (Å²) in [6, 6.07) is 0. The van der Waals surface area contributed by atoms with E-state index in [1.54, 1.807) is 0 Å². The molecule has 1 unspecified atom stereocenters. The van der Waals surface area contributed by atoms with Gasteiger partial charge in [0.25, 0.3) is 0 Å². The van der Waals surface area contributed by atoms with Gasteiger partial charge in [0, 0.05) is 5.57 Å². The van der Waals surface area contributed by atoms with Crippen molar-refractivity contribution in [1.29, 1.82) is 0 Å². The maximum atomic E-state index is 10.8. The molecule has 5 N–H and O–H groups in total. The molecule has 0 aromatic rings. The third kappa shape index (κ3) is 1.83. The normalized spacial score (nSPS) is 46.0. The highest BCUT2D eigenvalue weighted by Crippen LogP contribution is 2.52. The molecule has 2 aliphatic carbocycles. The molecule has 2 fully saturated rings. The van der Waals surface area contributed by atoms with Gasteiger partial charge in [0.2, 0.25) is 0 Å². The van der Waals surface area contributed by atoms with Gasteiger partial charge in [0.15, 0.2) is 0 Å². The number of aliphatic hydroxyl groups is 5. The highest BCUT2D eigenvalue weighted by molar-refractivity contribution is 5.35. The summed E-state index contributed by atoms with van der Waals surface area (Å²) in [6.07, 6.45) is 0.0492. The van der Waals surface area contributed by atoms with Crippen LogP contribution in [0.4, 0.5) is 0 Å². The average molecular weight is 286 g/mol. The molecule has 3 aliphatic rings. The zero-order valence-electron chi connectivity index (χ0n) is 11.3. The minimum absolute atomic E-state index is 0.191. The third-order valence-corrected chi connectivity index (χ3v) is 5.10. The van der Waals surface area contributed by atoms with Crippen molar-refractivity contribution in [2.75, 3.05) is 6.61 Å². The van der Waals surface area contributed by atoms with Gasteiger partial charge in [-0.15, -0.1) is 0 Å². The molecule has 114 valence electrons. The van der Waals surface area contributed by atoms with Gasteiger partial charge in [-0.25, -0.2) is 0 Å². The number of hydrogen-bond acceptors (Lipinski definition) is 6. The lowest BCUT2D eigenvalue weighted by Gasteiger charge is -2.45. The summed E-state index contributed by atoms with van der Waals surface area (Å²) in [4.78, 5) is 0. The zero-order chi connectivity index (χ0) is 14.5. The van der Waals surface area contributed by atoms with Crippen molar-refractivity contribution in [3.8, 4) is 0 Å². The fourth-order valence-corrected chi connectivity index (χ4v) is 4.05. The minimum Gasteiger partial charge on any atom is -0.509 e. The molecule has 0 amide bonds. The summed E-state index contributed by atoms with van der Waals surface area (Å²) in [6.45, 7) is -0.549. The summed E-state index contributed by atoms with van der Waals surface area (Å²) in [7, 11) is 0. The van der Waals surface area contributed by atoms with E-state index in [-0.39, 0.29) is 11.3 Å². The van der Waals surface area contributed by atoms with Crippen LogP contribution in [0.1, 0.15) is 38.5 Å². The van der Waals surface area contributed by atoms with E-state index in [9.17, 15) is 20.4 Å². The molecule has 0 aromatic heterocycles. The van der Waals surface area contributed by atoms with E-state index in [2.05, 4.69) is 0 Å². The maximum Gasteiger partial charge on any atom is 0.143 e. The molecule has 3 atom stereocenters. The predicted molar refractivity (Wildman–Crippen MR) is 69.0 cm³/mol. The third-order valence-electron chi connectivity index (χ3n) is 5.10. The number of hydrogen-bond donors (Lipinski definition) is 5. The Morgan fingerprint density at radius 1 is 1.20 bits per heavy atom. The summed E-state index contributed by atoms with van der Waals surface area (Å²) < 4.78 is 5.84. The fourth-order valence-electron chi connectivity index (χ4n) is 4.05. The van der Waals surface area contributed by atoms with Gasteiger partial charge < -0.3 is 30.3 Å². The summed E-state index contributed by atoms with van der Waals surface area (Å²) in [5, 5.41) is 50.7. The van der Waals surface area contributed by atoms with Gasteiger partial charge in [-0.3, -0.25) is 0 Å². The van der Waals surface area contributed by atoms with Crippen molar-refractivity contribution >= 4 is 0 Å². The maximum absolute atomic E-state index is 10.8. The molecular weight excluding hydrogens is 264 g/mol. The Hall–Kier alpha value is -0.660. The average Bonchev–Trinajstić information content (AvgIpc) is 2.51. The van der Waals surface area contributed by atoms with Crippen LogP contribution in [0.5, 0.6) is 0 Å². The van der Waals surface area contributed by atoms with Crippen LogP contribution in [-0.4, -0.2) is 61.7 Å². The lowest BCUT2D eigenvalue weighted by molar-refractivity contribution is -0.193. The van der Waals surface area contributed by atoms with Gasteiger partial charge in [-0.05, 0) is 38.5 Å². The van der Waals surface area contributed by atoms with Crippen molar-refractivity contribution in [2.24, 2.45) is 0 Å². The van der Waals surface area contributed by atoms with Crippen LogP contribution in [0.3, 0.4) is 0 Å². The molecule has 1 heterocycles. The lowest BCUT2D eigenvalue weighted by Crippen LogP contribution is -2.56. The first-order valence-electron chi connectivity index (χ1n) is 7.24. The fraction of sp³-hybridized carbons (Fsp3) is 0.857. The van der Waals surface area contributed by atoms with Crippen molar-refractivity contribution in [1.82, 2.24) is 0 Å². The van der Waals surface area contributed by atoms with Crippen molar-refractivity contribution in [2.45, 2.75) is 68.0 Å². The van der Waals surface area contributed by atoms with E-state index >= 15 is 0 Å². The molecule has 3 rings (SSSR count). The SMILES string of the molecule is OC[C@H](O)[C@H]1OC23CCCC(O)(CCC2)C(=C1O)C3O. The molecule has 1 aliphatic heterocycles. The van der Waals surface area contributed by atoms with Crippen LogP contribution in [0, 0.1) is 0 Å². The molecule has 3 bridgehead atoms. The molecule has 0 radical (unpaired) electrons. The van der Waals surface area contributed by atoms with Crippen LogP contribution in [0.15, 0.2) is 11.3 Å². The van der Waals surface area contributed by atoms with Crippen LogP contribution in [-0.2, 0) is 4.74 Å². The van der Waals surface area contributed by atoms with Crippen LogP contribution in [0.2, 0.25) is 0 Å². The topological polar surface area (TPSA) is 110 Å². The van der Waals surface area contributed by atoms with Gasteiger partial charge in [0.05, 0.1) is 17.8 Å². The molecule has 0 spiro atoms. The van der Waals surface area contributed by atoms with E-state index in [0.29, 0.717) is 38.5 Å². The van der Waals surface area contributed by atoms with Crippen molar-refractivity contribution in [3.05, 3.63) is 11.3 Å². The molecular formula is C14H22O6. The quantitative estimate of drug-likeness (QED) is 0.479. The highest BCUT2D eigenvalue weighted by Gasteiger charge is 2.58. The second-order valence-electron chi connectivity index (χ2n) is 6.29. The molecule has 0 aromatic carbocycles. The van der Waals surface area contributed by atoms with E-state index < -0.39 is 36.1 Å². The first-order chi connectivity index (χ1) is 9.43. The van der Waals surface area contributed by atoms with Crippen LogP contribution >= 0.6 is 0 Å². The predicted octanol–water partition coefficient (Wildman–Crippen LogP) is -0.251. The molecule has 6 heteroatoms. The standard InChI is InChI=1S/C14H22O6/c15-7-8(16)11-10(17)9-12(18)14(20-11)5-1-3-13(9,19)4-2-6-14/h8,11-12,15-19H,1-7H2/t8-,11+,12?,13?,14?/m0/s1. The summed E-state index contributed by atoms with van der Waals surface area (Å²) in [5.41, 5.74) is -1.92. The number of ether oxygens (including phenoxy) is 1. The Morgan fingerprint density at radius 2 is 1.80 bits per heavy atom. The number of rotatable bonds is 2. The zero-order valence-corrected chi connectivity index (χ0v) is 11.3. The van der Waals surface area contributed by atoms with Gasteiger partial charge in [-0.2, -0.15) is 0 Å². The Kier molecular flexibility index (Phi) is 3.34. The van der Waals surface area contributed by atoms with E-state index in [4.69, 9.17) is 9.84 Å². The first kappa shape index (κ1) is 14.3. The van der Waals surface area contributed by atoms with E-state index in [1.807, 2.05) is 0 Å². The molecule has 0 saturated heterocycles. The first-order valence-corrected chi connectivity index (χ1v) is 7.24. The molecule has 6 nitrogen and oxygen atoms in total. The Bertz CT molecular complexity index is 421. The molecule has 20 heavy (non-hydrogen) atoms. The Morgan fingerprint density at radius 3 is 2.35 bits per heavy atom. The Balaban J connectivity index is 2.15. The largest absolute Gasteiger partial charge is 0.509 e. The monoisotopic (exact) mass is 286 g/mol. The lowest BCUT2D eigenvalue weighted by atomic mass is 9.80. The highest BCUT2D eigenvalue weighted by atomic mass is 16.5. The van der Waals surface area contributed by atoms with Gasteiger partial charge in [-0.1, -0.05) is 0 Å².